The molecule has 14 heavy (non-hydrogen) atoms. The van der Waals surface area contributed by atoms with Gasteiger partial charge in [0.05, 0.1) is 0 Å². The first-order chi connectivity index (χ1) is 6.62. The number of hydrazone groups is 1. The van der Waals surface area contributed by atoms with E-state index in [1.165, 1.54) is 25.7 Å². The van der Waals surface area contributed by atoms with Gasteiger partial charge in [-0.2, -0.15) is 5.10 Å². The lowest BCUT2D eigenvalue weighted by atomic mass is 9.82. The Morgan fingerprint density at radius 1 is 1.64 bits per heavy atom. The summed E-state index contributed by atoms with van der Waals surface area (Å²) in [6, 6.07) is -0.566. The molecule has 0 aromatic heterocycles. The first-order valence-corrected chi connectivity index (χ1v) is 5.24. The number of urea groups is 1. The van der Waals surface area contributed by atoms with Gasteiger partial charge in [-0.15, -0.1) is 0 Å². The highest BCUT2D eigenvalue weighted by molar-refractivity contribution is 5.90. The zero-order valence-electron chi connectivity index (χ0n) is 8.55. The van der Waals surface area contributed by atoms with Crippen LogP contribution in [-0.2, 0) is 0 Å². The molecule has 0 saturated heterocycles. The average Bonchev–Trinajstić information content (AvgIpc) is 2.59. The number of hydrogen-bond donors (Lipinski definition) is 2. The van der Waals surface area contributed by atoms with E-state index in [2.05, 4.69) is 17.5 Å². The summed E-state index contributed by atoms with van der Waals surface area (Å²) in [5.74, 6) is 0.578. The van der Waals surface area contributed by atoms with Crippen LogP contribution in [0.25, 0.3) is 0 Å². The minimum absolute atomic E-state index is 0.443. The number of carbonyl (C=O) groups is 1. The van der Waals surface area contributed by atoms with E-state index in [4.69, 9.17) is 5.73 Å². The van der Waals surface area contributed by atoms with Crippen molar-refractivity contribution in [2.24, 2.45) is 22.2 Å². The second kappa shape index (κ2) is 3.26. The third-order valence-corrected chi connectivity index (χ3v) is 3.75. The van der Waals surface area contributed by atoms with E-state index in [0.717, 1.165) is 12.1 Å². The van der Waals surface area contributed by atoms with Gasteiger partial charge in [-0.3, -0.25) is 0 Å². The molecule has 2 aliphatic rings. The summed E-state index contributed by atoms with van der Waals surface area (Å²) >= 11 is 0. The van der Waals surface area contributed by atoms with Gasteiger partial charge in [0.1, 0.15) is 0 Å². The van der Waals surface area contributed by atoms with Crippen molar-refractivity contribution < 1.29 is 4.79 Å². The first-order valence-electron chi connectivity index (χ1n) is 5.24. The topological polar surface area (TPSA) is 67.5 Å². The van der Waals surface area contributed by atoms with E-state index in [0.29, 0.717) is 11.3 Å². The normalized spacial score (nSPS) is 38.6. The molecule has 2 amide bonds. The standard InChI is InChI=1S/C10H17N3O/c1-10-5-2-3-7(10)8(4-6-10)12-13-9(11)14/h7H,2-6H2,1H3,(H3,11,13,14)/b12-8+/t7-,10+/m1/s1. The number of carbonyl (C=O) groups excluding carboxylic acids is 1. The Kier molecular flexibility index (Phi) is 2.21. The molecule has 0 unspecified atom stereocenters. The average molecular weight is 195 g/mol. The summed E-state index contributed by atoms with van der Waals surface area (Å²) < 4.78 is 0. The maximum Gasteiger partial charge on any atom is 0.332 e. The van der Waals surface area contributed by atoms with E-state index in [1.54, 1.807) is 0 Å². The number of nitrogens with zero attached hydrogens (tertiary/aromatic N) is 1. The molecule has 0 spiro atoms. The third-order valence-electron chi connectivity index (χ3n) is 3.75. The van der Waals surface area contributed by atoms with Gasteiger partial charge in [-0.1, -0.05) is 13.3 Å². The van der Waals surface area contributed by atoms with Gasteiger partial charge in [-0.25, -0.2) is 10.2 Å². The summed E-state index contributed by atoms with van der Waals surface area (Å²) in [6.45, 7) is 2.33. The molecular weight excluding hydrogens is 178 g/mol. The fraction of sp³-hybridized carbons (Fsp3) is 0.800. The van der Waals surface area contributed by atoms with Crippen molar-refractivity contribution in [3.05, 3.63) is 0 Å². The predicted molar refractivity (Wildman–Crippen MR) is 54.8 cm³/mol. The second-order valence-electron chi connectivity index (χ2n) is 4.68. The maximum atomic E-state index is 10.5. The molecule has 2 fully saturated rings. The lowest BCUT2D eigenvalue weighted by Gasteiger charge is -2.22. The molecule has 2 saturated carbocycles. The SMILES string of the molecule is C[C@@]12CCC[C@@H]1/C(=N/NC(N)=O)CC2. The van der Waals surface area contributed by atoms with E-state index in [9.17, 15) is 4.79 Å². The highest BCUT2D eigenvalue weighted by Crippen LogP contribution is 2.52. The van der Waals surface area contributed by atoms with Crippen molar-refractivity contribution in [2.75, 3.05) is 0 Å². The van der Waals surface area contributed by atoms with Crippen LogP contribution in [0.15, 0.2) is 5.10 Å². The van der Waals surface area contributed by atoms with Crippen LogP contribution < -0.4 is 11.2 Å². The van der Waals surface area contributed by atoms with Crippen molar-refractivity contribution in [3.8, 4) is 0 Å². The molecule has 78 valence electrons. The van der Waals surface area contributed by atoms with Crippen molar-refractivity contribution in [2.45, 2.75) is 39.0 Å². The fourth-order valence-corrected chi connectivity index (χ4v) is 2.95. The molecular formula is C10H17N3O. The Hall–Kier alpha value is -1.06. The second-order valence-corrected chi connectivity index (χ2v) is 4.68. The molecule has 0 aliphatic heterocycles. The summed E-state index contributed by atoms with van der Waals surface area (Å²) in [5, 5.41) is 4.10. The number of primary amides is 1. The monoisotopic (exact) mass is 195 g/mol. The van der Waals surface area contributed by atoms with Crippen molar-refractivity contribution >= 4 is 11.7 Å². The van der Waals surface area contributed by atoms with Gasteiger partial charge in [-0.05, 0) is 31.1 Å². The Labute approximate surface area is 83.9 Å². The van der Waals surface area contributed by atoms with Crippen LogP contribution in [0.5, 0.6) is 0 Å². The van der Waals surface area contributed by atoms with Crippen LogP contribution in [-0.4, -0.2) is 11.7 Å². The van der Waals surface area contributed by atoms with E-state index in [-0.39, 0.29) is 0 Å². The zero-order chi connectivity index (χ0) is 10.2. The fourth-order valence-electron chi connectivity index (χ4n) is 2.95. The third kappa shape index (κ3) is 1.49. The largest absolute Gasteiger partial charge is 0.350 e. The highest BCUT2D eigenvalue weighted by atomic mass is 16.2. The van der Waals surface area contributed by atoms with Crippen molar-refractivity contribution in [1.29, 1.82) is 0 Å². The maximum absolute atomic E-state index is 10.5. The Bertz CT molecular complexity index is 287. The van der Waals surface area contributed by atoms with Crippen LogP contribution in [0.3, 0.4) is 0 Å². The van der Waals surface area contributed by atoms with E-state index >= 15 is 0 Å². The quantitative estimate of drug-likeness (QED) is 0.613. The van der Waals surface area contributed by atoms with Crippen LogP contribution in [0, 0.1) is 11.3 Å². The van der Waals surface area contributed by atoms with Gasteiger partial charge in [0, 0.05) is 11.6 Å². The Balaban J connectivity index is 2.09. The number of hydrogen-bond acceptors (Lipinski definition) is 2. The summed E-state index contributed by atoms with van der Waals surface area (Å²) in [6.07, 6.45) is 6.03. The number of fused-ring (bicyclic) bond motifs is 1. The summed E-state index contributed by atoms with van der Waals surface area (Å²) in [4.78, 5) is 10.5. The Morgan fingerprint density at radius 3 is 3.14 bits per heavy atom. The van der Waals surface area contributed by atoms with Crippen LogP contribution in [0.2, 0.25) is 0 Å². The van der Waals surface area contributed by atoms with Gasteiger partial charge in [0.2, 0.25) is 0 Å². The molecule has 2 aliphatic carbocycles. The van der Waals surface area contributed by atoms with Crippen molar-refractivity contribution in [1.82, 2.24) is 5.43 Å². The number of rotatable bonds is 1. The molecule has 0 radical (unpaired) electrons. The minimum Gasteiger partial charge on any atom is -0.350 e. The van der Waals surface area contributed by atoms with Crippen LogP contribution in [0.4, 0.5) is 4.79 Å². The van der Waals surface area contributed by atoms with E-state index < -0.39 is 6.03 Å². The van der Waals surface area contributed by atoms with Gasteiger partial charge in [0.15, 0.2) is 0 Å². The summed E-state index contributed by atoms with van der Waals surface area (Å²) in [5.41, 5.74) is 8.91. The smallest absolute Gasteiger partial charge is 0.332 e. The molecule has 0 heterocycles. The van der Waals surface area contributed by atoms with Gasteiger partial charge >= 0.3 is 6.03 Å². The zero-order valence-corrected chi connectivity index (χ0v) is 8.55. The molecule has 0 aromatic rings. The molecule has 4 heteroatoms. The van der Waals surface area contributed by atoms with Crippen LogP contribution >= 0.6 is 0 Å². The lowest BCUT2D eigenvalue weighted by Crippen LogP contribution is -2.27. The summed E-state index contributed by atoms with van der Waals surface area (Å²) in [7, 11) is 0. The number of nitrogens with two attached hydrogens (primary N) is 1. The lowest BCUT2D eigenvalue weighted by molar-refractivity contribution is 0.249. The van der Waals surface area contributed by atoms with Crippen molar-refractivity contribution in [3.63, 3.8) is 0 Å². The number of nitrogens with one attached hydrogen (secondary N) is 1. The Morgan fingerprint density at radius 2 is 2.43 bits per heavy atom. The molecule has 3 N–H and O–H groups in total. The number of amides is 2. The molecule has 2 rings (SSSR count). The molecule has 4 nitrogen and oxygen atoms in total. The molecule has 2 atom stereocenters. The molecule has 0 aromatic carbocycles. The predicted octanol–water partition coefficient (Wildman–Crippen LogP) is 1.61. The first kappa shape index (κ1) is 9.49. The molecule has 0 bridgehead atoms. The van der Waals surface area contributed by atoms with Gasteiger partial charge < -0.3 is 5.73 Å². The van der Waals surface area contributed by atoms with E-state index in [1.807, 2.05) is 0 Å². The van der Waals surface area contributed by atoms with Crippen LogP contribution in [0.1, 0.15) is 39.0 Å². The highest BCUT2D eigenvalue weighted by Gasteiger charge is 2.46. The minimum atomic E-state index is -0.566. The van der Waals surface area contributed by atoms with Gasteiger partial charge in [0.25, 0.3) is 0 Å².